The summed E-state index contributed by atoms with van der Waals surface area (Å²) >= 11 is 0. The van der Waals surface area contributed by atoms with Crippen molar-refractivity contribution in [3.8, 4) is 5.75 Å². The number of piperazine rings is 1. The molecule has 26 heavy (non-hydrogen) atoms. The summed E-state index contributed by atoms with van der Waals surface area (Å²) in [5, 5.41) is 3.03. The Labute approximate surface area is 155 Å². The lowest BCUT2D eigenvalue weighted by atomic mass is 10.2. The predicted octanol–water partition coefficient (Wildman–Crippen LogP) is 3.29. The number of ether oxygens (including phenoxy) is 1. The molecular weight excluding hydrogens is 326 g/mol. The van der Waals surface area contributed by atoms with Crippen molar-refractivity contribution >= 4 is 11.7 Å². The molecule has 1 saturated heterocycles. The van der Waals surface area contributed by atoms with Gasteiger partial charge in [0.25, 0.3) is 0 Å². The van der Waals surface area contributed by atoms with Gasteiger partial charge < -0.3 is 19.9 Å². The van der Waals surface area contributed by atoms with E-state index in [1.807, 2.05) is 61.2 Å². The molecule has 0 bridgehead atoms. The second-order valence-corrected chi connectivity index (χ2v) is 6.79. The molecule has 5 heteroatoms. The molecule has 2 aromatic carbocycles. The molecule has 0 aromatic heterocycles. The fourth-order valence-electron chi connectivity index (χ4n) is 3.08. The van der Waals surface area contributed by atoms with Gasteiger partial charge in [0.15, 0.2) is 0 Å². The van der Waals surface area contributed by atoms with E-state index in [-0.39, 0.29) is 12.1 Å². The topological polar surface area (TPSA) is 44.8 Å². The highest BCUT2D eigenvalue weighted by Crippen LogP contribution is 2.16. The van der Waals surface area contributed by atoms with E-state index < -0.39 is 0 Å². The van der Waals surface area contributed by atoms with Crippen molar-refractivity contribution in [2.24, 2.45) is 0 Å². The highest BCUT2D eigenvalue weighted by Gasteiger charge is 2.22. The van der Waals surface area contributed by atoms with E-state index in [1.54, 1.807) is 0 Å². The summed E-state index contributed by atoms with van der Waals surface area (Å²) in [7, 11) is 0. The number of carbonyl (C=O) groups is 1. The van der Waals surface area contributed by atoms with Crippen LogP contribution in [0.25, 0.3) is 0 Å². The highest BCUT2D eigenvalue weighted by atomic mass is 16.5. The lowest BCUT2D eigenvalue weighted by Crippen LogP contribution is -2.53. The van der Waals surface area contributed by atoms with E-state index in [4.69, 9.17) is 4.74 Å². The molecule has 1 atom stereocenters. The minimum Gasteiger partial charge on any atom is -0.491 e. The number of benzene rings is 2. The first kappa shape index (κ1) is 18.1. The molecule has 0 spiro atoms. The van der Waals surface area contributed by atoms with Crippen molar-refractivity contribution in [1.82, 2.24) is 10.2 Å². The normalized spacial score (nSPS) is 15.5. The maximum atomic E-state index is 12.5. The highest BCUT2D eigenvalue weighted by molar-refractivity contribution is 5.75. The largest absolute Gasteiger partial charge is 0.491 e. The van der Waals surface area contributed by atoms with Gasteiger partial charge in [0.2, 0.25) is 0 Å². The minimum absolute atomic E-state index is 0.0157. The van der Waals surface area contributed by atoms with Gasteiger partial charge in [-0.3, -0.25) is 0 Å². The van der Waals surface area contributed by atoms with Crippen LogP contribution >= 0.6 is 0 Å². The Kier molecular flexibility index (Phi) is 6.00. The van der Waals surface area contributed by atoms with Crippen LogP contribution < -0.4 is 15.0 Å². The third-order valence-electron chi connectivity index (χ3n) is 4.55. The summed E-state index contributed by atoms with van der Waals surface area (Å²) in [4.78, 5) is 16.6. The van der Waals surface area contributed by atoms with Crippen LogP contribution in [0.1, 0.15) is 12.5 Å². The number of rotatable bonds is 5. The third-order valence-corrected chi connectivity index (χ3v) is 4.55. The van der Waals surface area contributed by atoms with E-state index in [2.05, 4.69) is 22.3 Å². The fraction of sp³-hybridized carbons (Fsp3) is 0.381. The van der Waals surface area contributed by atoms with Gasteiger partial charge in [0.1, 0.15) is 12.4 Å². The summed E-state index contributed by atoms with van der Waals surface area (Å²) in [6.07, 6.45) is 0. The van der Waals surface area contributed by atoms with Gasteiger partial charge in [-0.05, 0) is 43.7 Å². The Morgan fingerprint density at radius 1 is 1.08 bits per heavy atom. The van der Waals surface area contributed by atoms with Crippen LogP contribution in [0.4, 0.5) is 10.5 Å². The number of anilines is 1. The molecular formula is C21H27N3O2. The molecule has 3 rings (SSSR count). The molecule has 138 valence electrons. The lowest BCUT2D eigenvalue weighted by molar-refractivity contribution is 0.184. The van der Waals surface area contributed by atoms with Crippen LogP contribution in [0.15, 0.2) is 54.6 Å². The molecule has 1 heterocycles. The third kappa shape index (κ3) is 4.91. The van der Waals surface area contributed by atoms with Crippen LogP contribution in [0.2, 0.25) is 0 Å². The first-order valence-electron chi connectivity index (χ1n) is 9.17. The molecule has 1 N–H and O–H groups in total. The zero-order valence-corrected chi connectivity index (χ0v) is 15.5. The first-order valence-corrected chi connectivity index (χ1v) is 9.17. The first-order chi connectivity index (χ1) is 12.6. The summed E-state index contributed by atoms with van der Waals surface area (Å²) in [6, 6.07) is 18.2. The van der Waals surface area contributed by atoms with Gasteiger partial charge in [-0.2, -0.15) is 0 Å². The second-order valence-electron chi connectivity index (χ2n) is 6.79. The van der Waals surface area contributed by atoms with Crippen molar-refractivity contribution in [3.05, 3.63) is 60.2 Å². The number of hydrogen-bond acceptors (Lipinski definition) is 3. The summed E-state index contributed by atoms with van der Waals surface area (Å²) in [5.74, 6) is 0.836. The van der Waals surface area contributed by atoms with E-state index in [0.29, 0.717) is 6.61 Å². The summed E-state index contributed by atoms with van der Waals surface area (Å²) in [6.45, 7) is 7.62. The molecule has 1 fully saturated rings. The van der Waals surface area contributed by atoms with Crippen LogP contribution in [-0.4, -0.2) is 49.8 Å². The van der Waals surface area contributed by atoms with E-state index in [9.17, 15) is 4.79 Å². The average Bonchev–Trinajstić information content (AvgIpc) is 2.67. The van der Waals surface area contributed by atoms with Crippen LogP contribution in [-0.2, 0) is 0 Å². The van der Waals surface area contributed by atoms with Gasteiger partial charge in [-0.1, -0.05) is 30.3 Å². The minimum atomic E-state index is -0.0461. The smallest absolute Gasteiger partial charge is 0.317 e. The number of urea groups is 1. The van der Waals surface area contributed by atoms with Crippen molar-refractivity contribution in [2.45, 2.75) is 19.9 Å². The number of nitrogens with one attached hydrogen (secondary N) is 1. The molecule has 0 saturated carbocycles. The second kappa shape index (κ2) is 8.61. The Morgan fingerprint density at radius 2 is 1.81 bits per heavy atom. The van der Waals surface area contributed by atoms with Gasteiger partial charge in [0, 0.05) is 31.9 Å². The quantitative estimate of drug-likeness (QED) is 0.897. The zero-order valence-electron chi connectivity index (χ0n) is 15.5. The zero-order chi connectivity index (χ0) is 18.4. The Balaban J connectivity index is 1.42. The fourth-order valence-corrected chi connectivity index (χ4v) is 3.08. The molecule has 1 aliphatic heterocycles. The van der Waals surface area contributed by atoms with Crippen molar-refractivity contribution in [1.29, 1.82) is 0 Å². The molecule has 1 aliphatic rings. The number of para-hydroxylation sites is 1. The van der Waals surface area contributed by atoms with Gasteiger partial charge in [-0.25, -0.2) is 4.79 Å². The van der Waals surface area contributed by atoms with E-state index in [0.717, 1.165) is 37.5 Å². The molecule has 0 aliphatic carbocycles. The molecule has 0 radical (unpaired) electrons. The van der Waals surface area contributed by atoms with Crippen molar-refractivity contribution in [3.63, 3.8) is 0 Å². The van der Waals surface area contributed by atoms with E-state index in [1.165, 1.54) is 5.69 Å². The summed E-state index contributed by atoms with van der Waals surface area (Å²) < 4.78 is 5.77. The van der Waals surface area contributed by atoms with Crippen LogP contribution in [0.5, 0.6) is 5.75 Å². The lowest BCUT2D eigenvalue weighted by Gasteiger charge is -2.36. The molecule has 2 amide bonds. The van der Waals surface area contributed by atoms with Crippen molar-refractivity contribution in [2.75, 3.05) is 37.7 Å². The Hall–Kier alpha value is -2.69. The Morgan fingerprint density at radius 3 is 2.50 bits per heavy atom. The summed E-state index contributed by atoms with van der Waals surface area (Å²) in [5.41, 5.74) is 2.38. The monoisotopic (exact) mass is 353 g/mol. The molecule has 2 aromatic rings. The number of carbonyl (C=O) groups excluding carboxylic acids is 1. The predicted molar refractivity (Wildman–Crippen MR) is 105 cm³/mol. The maximum Gasteiger partial charge on any atom is 0.317 e. The van der Waals surface area contributed by atoms with Crippen LogP contribution in [0, 0.1) is 6.92 Å². The van der Waals surface area contributed by atoms with Gasteiger partial charge in [-0.15, -0.1) is 0 Å². The maximum absolute atomic E-state index is 12.5. The number of hydrogen-bond donors (Lipinski definition) is 1. The van der Waals surface area contributed by atoms with Crippen molar-refractivity contribution < 1.29 is 9.53 Å². The average molecular weight is 353 g/mol. The SMILES string of the molecule is Cc1cccc(OC[C@H](C)NC(=O)N2CCN(c3ccccc3)CC2)c1. The standard InChI is InChI=1S/C21H27N3O2/c1-17-7-6-10-20(15-17)26-16-18(2)22-21(25)24-13-11-23(12-14-24)19-8-4-3-5-9-19/h3-10,15,18H,11-14,16H2,1-2H3,(H,22,25)/t18-/m0/s1. The Bertz CT molecular complexity index is 712. The molecule has 5 nitrogen and oxygen atoms in total. The van der Waals surface area contributed by atoms with Crippen LogP contribution in [0.3, 0.4) is 0 Å². The van der Waals surface area contributed by atoms with Gasteiger partial charge in [0.05, 0.1) is 6.04 Å². The number of amides is 2. The number of aryl methyl sites for hydroxylation is 1. The molecule has 0 unspecified atom stereocenters. The van der Waals surface area contributed by atoms with Gasteiger partial charge >= 0.3 is 6.03 Å². The number of nitrogens with zero attached hydrogens (tertiary/aromatic N) is 2. The van der Waals surface area contributed by atoms with E-state index >= 15 is 0 Å².